The zero-order valence-corrected chi connectivity index (χ0v) is 19.5. The van der Waals surface area contributed by atoms with Gasteiger partial charge in [0.15, 0.2) is 0 Å². The highest BCUT2D eigenvalue weighted by molar-refractivity contribution is 8.36. The van der Waals surface area contributed by atoms with Crippen LogP contribution in [0.5, 0.6) is 0 Å². The van der Waals surface area contributed by atoms with E-state index in [1.54, 1.807) is 0 Å². The Balaban J connectivity index is 1.77. The number of imide groups is 1. The van der Waals surface area contributed by atoms with Gasteiger partial charge in [0.25, 0.3) is 0 Å². The van der Waals surface area contributed by atoms with Crippen molar-refractivity contribution >= 4 is 37.9 Å². The fourth-order valence-electron chi connectivity index (χ4n) is 5.96. The molecule has 5 heteroatoms. The minimum absolute atomic E-state index is 0.0644. The molecule has 2 bridgehead atoms. The summed E-state index contributed by atoms with van der Waals surface area (Å²) in [6.07, 6.45) is 0.996. The van der Waals surface area contributed by atoms with E-state index in [0.29, 0.717) is 0 Å². The maximum Gasteiger partial charge on any atom is 0.235 e. The second-order valence-electron chi connectivity index (χ2n) is 8.42. The number of nitrogens with one attached hydrogen (secondary N) is 1. The lowest BCUT2D eigenvalue weighted by Gasteiger charge is -2.40. The van der Waals surface area contributed by atoms with Gasteiger partial charge in [-0.1, -0.05) is 106 Å². The van der Waals surface area contributed by atoms with Crippen molar-refractivity contribution in [2.24, 2.45) is 5.92 Å². The van der Waals surface area contributed by atoms with E-state index in [1.165, 1.54) is 27.6 Å². The third-order valence-electron chi connectivity index (χ3n) is 6.96. The summed E-state index contributed by atoms with van der Waals surface area (Å²) >= 11 is 0. The Labute approximate surface area is 190 Å². The van der Waals surface area contributed by atoms with E-state index in [9.17, 15) is 9.59 Å². The lowest BCUT2D eigenvalue weighted by molar-refractivity contribution is -0.126. The molecule has 0 aromatic heterocycles. The summed E-state index contributed by atoms with van der Waals surface area (Å²) in [5.41, 5.74) is 4.60. The molecule has 0 aliphatic carbocycles. The molecular formula is C27H23NO2P2. The smallest absolute Gasteiger partial charge is 0.235 e. The first-order chi connectivity index (χ1) is 15.7. The zero-order chi connectivity index (χ0) is 21.9. The Morgan fingerprint density at radius 2 is 1.34 bits per heavy atom. The van der Waals surface area contributed by atoms with E-state index in [1.807, 2.05) is 18.2 Å². The number of carbonyl (C=O) groups excluding carboxylic acids is 2. The first-order valence-corrected chi connectivity index (χ1v) is 14.7. The predicted octanol–water partition coefficient (Wildman–Crippen LogP) is 6.02. The molecule has 3 aliphatic heterocycles. The summed E-state index contributed by atoms with van der Waals surface area (Å²) in [5.74, 6) is -0.474. The molecule has 3 aromatic carbocycles. The zero-order valence-electron chi connectivity index (χ0n) is 17.7. The first kappa shape index (κ1) is 20.0. The molecule has 3 heterocycles. The van der Waals surface area contributed by atoms with Crippen molar-refractivity contribution < 1.29 is 9.59 Å². The molecule has 2 amide bonds. The SMILES string of the molecule is CCP1P2C(c3ccccc3)=C(c3ccccc3)[C@@]1(c1ccccc1)[C@H]1C(=O)NC(=O)[C@H]12. The third kappa shape index (κ3) is 2.50. The highest BCUT2D eigenvalue weighted by Gasteiger charge is 2.73. The van der Waals surface area contributed by atoms with Crippen LogP contribution in [-0.4, -0.2) is 23.6 Å². The van der Waals surface area contributed by atoms with Crippen molar-refractivity contribution in [3.63, 3.8) is 0 Å². The van der Waals surface area contributed by atoms with Crippen molar-refractivity contribution in [3.05, 3.63) is 108 Å². The van der Waals surface area contributed by atoms with Gasteiger partial charge >= 0.3 is 0 Å². The van der Waals surface area contributed by atoms with Crippen LogP contribution in [0.3, 0.4) is 0 Å². The normalized spacial score (nSPS) is 30.5. The minimum atomic E-state index is -0.802. The molecule has 0 spiro atoms. The summed E-state index contributed by atoms with van der Waals surface area (Å²) < 4.78 is 0. The van der Waals surface area contributed by atoms with Crippen molar-refractivity contribution in [2.45, 2.75) is 17.7 Å². The Kier molecular flexibility index (Phi) is 4.68. The summed E-state index contributed by atoms with van der Waals surface area (Å²) in [5, 5.41) is 3.61. The maximum absolute atomic E-state index is 13.4. The Bertz CT molecular complexity index is 1240. The number of carbonyl (C=O) groups is 2. The third-order valence-corrected chi connectivity index (χ3v) is 16.4. The number of benzene rings is 3. The molecule has 158 valence electrons. The number of hydrogen-bond acceptors (Lipinski definition) is 2. The Hall–Kier alpha value is -2.60. The molecule has 2 fully saturated rings. The highest BCUT2D eigenvalue weighted by atomic mass is 32.1. The molecule has 3 aliphatic rings. The fourth-order valence-corrected chi connectivity index (χ4v) is 17.5. The van der Waals surface area contributed by atoms with Crippen LogP contribution in [0.25, 0.3) is 10.9 Å². The molecule has 0 radical (unpaired) electrons. The van der Waals surface area contributed by atoms with Crippen LogP contribution in [0.1, 0.15) is 23.6 Å². The van der Waals surface area contributed by atoms with Gasteiger partial charge < -0.3 is 0 Å². The van der Waals surface area contributed by atoms with E-state index >= 15 is 0 Å². The van der Waals surface area contributed by atoms with Gasteiger partial charge in [-0.3, -0.25) is 14.9 Å². The van der Waals surface area contributed by atoms with Gasteiger partial charge in [-0.05, 0) is 41.3 Å². The number of fused-ring (bicyclic) bond motifs is 5. The molecule has 6 rings (SSSR count). The first-order valence-electron chi connectivity index (χ1n) is 11.0. The highest BCUT2D eigenvalue weighted by Crippen LogP contribution is 2.99. The monoisotopic (exact) mass is 455 g/mol. The lowest BCUT2D eigenvalue weighted by Crippen LogP contribution is -2.39. The molecule has 32 heavy (non-hydrogen) atoms. The molecule has 2 saturated heterocycles. The van der Waals surface area contributed by atoms with E-state index < -0.39 is 20.4 Å². The standard InChI is InChI=1S/C27H23NO2P2/c1-2-31-27(20-16-10-5-11-17-20)21(18-12-6-3-7-13-18)23(19-14-8-4-9-15-19)32(31)24-22(27)25(29)28-26(24)30/h3-17,22,24H,2H2,1H3,(H,28,29,30)/t22-,24+,27+,31?,32?/m1/s1. The number of allylic oxidation sites excluding steroid dienone is 1. The van der Waals surface area contributed by atoms with Crippen LogP contribution in [0.15, 0.2) is 91.0 Å². The maximum atomic E-state index is 13.4. The number of rotatable bonds is 4. The summed E-state index contributed by atoms with van der Waals surface area (Å²) in [6.45, 7) is 2.25. The summed E-state index contributed by atoms with van der Waals surface area (Å²) in [7, 11) is -1.42. The lowest BCUT2D eigenvalue weighted by atomic mass is 9.74. The van der Waals surface area contributed by atoms with Crippen molar-refractivity contribution in [1.29, 1.82) is 0 Å². The average molecular weight is 455 g/mol. The van der Waals surface area contributed by atoms with Gasteiger partial charge in [0.2, 0.25) is 11.8 Å². The van der Waals surface area contributed by atoms with Crippen molar-refractivity contribution in [1.82, 2.24) is 5.32 Å². The topological polar surface area (TPSA) is 46.2 Å². The molecule has 3 aromatic rings. The molecule has 0 saturated carbocycles. The average Bonchev–Trinajstić information content (AvgIpc) is 3.43. The minimum Gasteiger partial charge on any atom is -0.296 e. The van der Waals surface area contributed by atoms with E-state index in [2.05, 4.69) is 85.0 Å². The van der Waals surface area contributed by atoms with Gasteiger partial charge in [0.05, 0.1) is 16.7 Å². The van der Waals surface area contributed by atoms with Gasteiger partial charge in [-0.15, -0.1) is 0 Å². The van der Waals surface area contributed by atoms with E-state index in [0.717, 1.165) is 6.16 Å². The molecular weight excluding hydrogens is 432 g/mol. The molecule has 5 atom stereocenters. The quantitative estimate of drug-likeness (QED) is 0.386. The fraction of sp³-hybridized carbons (Fsp3) is 0.185. The number of amides is 2. The van der Waals surface area contributed by atoms with E-state index in [4.69, 9.17) is 0 Å². The van der Waals surface area contributed by atoms with E-state index in [-0.39, 0.29) is 23.4 Å². The van der Waals surface area contributed by atoms with Crippen LogP contribution < -0.4 is 5.32 Å². The van der Waals surface area contributed by atoms with Gasteiger partial charge in [-0.25, -0.2) is 0 Å². The van der Waals surface area contributed by atoms with Crippen LogP contribution >= 0.6 is 15.2 Å². The summed E-state index contributed by atoms with van der Waals surface area (Å²) in [4.78, 5) is 26.6. The molecule has 1 N–H and O–H groups in total. The van der Waals surface area contributed by atoms with Crippen LogP contribution in [0.4, 0.5) is 0 Å². The van der Waals surface area contributed by atoms with Crippen molar-refractivity contribution in [3.8, 4) is 0 Å². The molecule has 3 nitrogen and oxygen atoms in total. The van der Waals surface area contributed by atoms with Crippen LogP contribution in [-0.2, 0) is 14.7 Å². The Morgan fingerprint density at radius 1 is 0.781 bits per heavy atom. The van der Waals surface area contributed by atoms with Gasteiger partial charge in [0.1, 0.15) is 0 Å². The summed E-state index contributed by atoms with van der Waals surface area (Å²) in [6, 6.07) is 31.6. The molecule has 2 unspecified atom stereocenters. The second kappa shape index (κ2) is 7.48. The van der Waals surface area contributed by atoms with Gasteiger partial charge in [0, 0.05) is 0 Å². The van der Waals surface area contributed by atoms with Crippen LogP contribution in [0.2, 0.25) is 0 Å². The number of hydrogen-bond donors (Lipinski definition) is 1. The predicted molar refractivity (Wildman–Crippen MR) is 133 cm³/mol. The van der Waals surface area contributed by atoms with Crippen molar-refractivity contribution in [2.75, 3.05) is 6.16 Å². The second-order valence-corrected chi connectivity index (χ2v) is 15.0. The van der Waals surface area contributed by atoms with Crippen LogP contribution in [0, 0.1) is 5.92 Å². The Morgan fingerprint density at radius 3 is 1.94 bits per heavy atom. The largest absolute Gasteiger partial charge is 0.296 e. The van der Waals surface area contributed by atoms with Gasteiger partial charge in [-0.2, -0.15) is 0 Å².